The molecule has 6 unspecified atom stereocenters. The maximum atomic E-state index is 13.7. The van der Waals surface area contributed by atoms with Gasteiger partial charge >= 0.3 is 5.97 Å². The van der Waals surface area contributed by atoms with Gasteiger partial charge in [-0.05, 0) is 31.2 Å². The Hall–Kier alpha value is -4.87. The summed E-state index contributed by atoms with van der Waals surface area (Å²) in [6, 6.07) is 2.82. The second-order valence-corrected chi connectivity index (χ2v) is 12.6. The summed E-state index contributed by atoms with van der Waals surface area (Å²) in [4.78, 5) is 97.2. The summed E-state index contributed by atoms with van der Waals surface area (Å²) in [7, 11) is 0. The second-order valence-electron chi connectivity index (χ2n) is 11.4. The number of carbonyl (C=O) groups excluding carboxylic acids is 6. The molecule has 6 atom stereocenters. The van der Waals surface area contributed by atoms with Gasteiger partial charge in [0.05, 0.1) is 18.3 Å². The zero-order valence-electron chi connectivity index (χ0n) is 25.5. The maximum Gasteiger partial charge on any atom is 0.305 e. The summed E-state index contributed by atoms with van der Waals surface area (Å²) in [5, 5.41) is 21.8. The number of amides is 6. The number of carboxylic acid groups (broad SMARTS) is 1. The van der Waals surface area contributed by atoms with Crippen LogP contribution in [0.5, 0.6) is 0 Å². The van der Waals surface area contributed by atoms with Crippen molar-refractivity contribution in [3.8, 4) is 0 Å². The first-order valence-electron chi connectivity index (χ1n) is 15.2. The van der Waals surface area contributed by atoms with Crippen molar-refractivity contribution in [2.75, 3.05) is 18.8 Å². The number of hydrogen-bond acceptors (Lipinski definition) is 9. The highest BCUT2D eigenvalue weighted by Crippen LogP contribution is 2.36. The van der Waals surface area contributed by atoms with Crippen LogP contribution in [0.3, 0.4) is 0 Å². The number of carbonyl (C=O) groups is 7. The smallest absolute Gasteiger partial charge is 0.305 e. The molecule has 0 radical (unpaired) electrons. The van der Waals surface area contributed by atoms with Crippen LogP contribution in [0.25, 0.3) is 0 Å². The van der Waals surface area contributed by atoms with Gasteiger partial charge in [-0.2, -0.15) is 0 Å². The number of piperidine rings is 1. The molecule has 1 aromatic carbocycles. The largest absolute Gasteiger partial charge is 0.481 e. The number of nitrogens with two attached hydrogens (primary N) is 2. The molecule has 3 fully saturated rings. The van der Waals surface area contributed by atoms with Crippen molar-refractivity contribution in [3.05, 3.63) is 35.9 Å². The van der Waals surface area contributed by atoms with Crippen LogP contribution < -0.4 is 38.1 Å². The van der Waals surface area contributed by atoms with Crippen LogP contribution in [0, 0.1) is 0 Å². The second kappa shape index (κ2) is 16.1. The van der Waals surface area contributed by atoms with Gasteiger partial charge in [-0.3, -0.25) is 38.6 Å². The van der Waals surface area contributed by atoms with Gasteiger partial charge in [0, 0.05) is 18.7 Å². The van der Waals surface area contributed by atoms with Crippen molar-refractivity contribution < 1.29 is 38.7 Å². The predicted octanol–water partition coefficient (Wildman–Crippen LogP) is -3.11. The topological polar surface area (TPSA) is 268 Å². The molecule has 0 spiro atoms. The van der Waals surface area contributed by atoms with E-state index in [4.69, 9.17) is 11.5 Å². The molecular weight excluding hydrogens is 634 g/mol. The van der Waals surface area contributed by atoms with Crippen LogP contribution in [0.15, 0.2) is 35.3 Å². The molecule has 3 saturated heterocycles. The molecule has 0 aromatic heterocycles. The quantitative estimate of drug-likeness (QED) is 0.0778. The van der Waals surface area contributed by atoms with Crippen LogP contribution in [0.4, 0.5) is 0 Å². The van der Waals surface area contributed by atoms with Crippen molar-refractivity contribution in [3.63, 3.8) is 0 Å². The molecule has 0 saturated carbocycles. The third-order valence-corrected chi connectivity index (χ3v) is 9.27. The fourth-order valence-corrected chi connectivity index (χ4v) is 7.02. The Morgan fingerprint density at radius 2 is 1.60 bits per heavy atom. The van der Waals surface area contributed by atoms with E-state index in [0.29, 0.717) is 12.0 Å². The average molecular weight is 674 g/mol. The molecule has 2 bridgehead atoms. The molecule has 6 amide bonds. The lowest BCUT2D eigenvalue weighted by Crippen LogP contribution is -2.63. The number of rotatable bonds is 8. The molecule has 3 aliphatic heterocycles. The standard InChI is InChI=1S/C29H39N9O8S/c30-29(31)32-10-4-7-16-24(42)33-13-21(39)34-19(12-23(40)41)26(44)37-18(11-15-5-2-1-3-6-15)25(43)36-17-8-9-22-38(28(17)46)20(14-47-22)27(45)35-16/h1-3,5-6,16-20,22H,4,7-14H2,(H,33,42)(H,34,39)(H,35,45)(H,36,43)(H,37,44)(H,40,41)(H4,30,31,32). The number of benzene rings is 1. The maximum absolute atomic E-state index is 13.7. The number of carboxylic acids is 1. The summed E-state index contributed by atoms with van der Waals surface area (Å²) in [6.45, 7) is -0.489. The first-order valence-corrected chi connectivity index (χ1v) is 16.2. The molecule has 10 N–H and O–H groups in total. The normalized spacial score (nSPS) is 27.3. The van der Waals surface area contributed by atoms with E-state index in [1.807, 2.05) is 0 Å². The summed E-state index contributed by atoms with van der Waals surface area (Å²) < 4.78 is 0. The predicted molar refractivity (Wildman–Crippen MR) is 169 cm³/mol. The van der Waals surface area contributed by atoms with Crippen LogP contribution in [-0.2, 0) is 40.0 Å². The monoisotopic (exact) mass is 673 g/mol. The van der Waals surface area contributed by atoms with E-state index >= 15 is 0 Å². The van der Waals surface area contributed by atoms with Crippen LogP contribution in [-0.4, -0.2) is 112 Å². The van der Waals surface area contributed by atoms with E-state index in [0.717, 1.165) is 0 Å². The minimum absolute atomic E-state index is 0.000907. The summed E-state index contributed by atoms with van der Waals surface area (Å²) in [6.07, 6.45) is 0.319. The number of aliphatic carboxylic acids is 1. The number of thioether (sulfide) groups is 1. The first kappa shape index (κ1) is 35.0. The van der Waals surface area contributed by atoms with Gasteiger partial charge in [0.2, 0.25) is 35.4 Å². The van der Waals surface area contributed by atoms with E-state index in [1.165, 1.54) is 16.7 Å². The lowest BCUT2D eigenvalue weighted by Gasteiger charge is -2.37. The number of fused-ring (bicyclic) bond motifs is 1. The average Bonchev–Trinajstić information content (AvgIpc) is 3.47. The molecule has 254 valence electrons. The lowest BCUT2D eigenvalue weighted by molar-refractivity contribution is -0.146. The minimum atomic E-state index is -1.60. The van der Waals surface area contributed by atoms with Crippen molar-refractivity contribution >= 4 is 59.1 Å². The molecular formula is C29H39N9O8S. The SMILES string of the molecule is NC(N)=NCCCC1NC(=O)C2CSC3CCC(NC(=O)C(Cc4ccccc4)NC(=O)C(CC(=O)O)NC(=O)CNC1=O)C(=O)N32. The Bertz CT molecular complexity index is 1410. The number of guanidine groups is 1. The first-order chi connectivity index (χ1) is 22.4. The molecule has 1 aromatic rings. The number of aliphatic imine (C=N–C) groups is 1. The Balaban J connectivity index is 1.63. The van der Waals surface area contributed by atoms with Gasteiger partial charge in [-0.15, -0.1) is 11.8 Å². The third kappa shape index (κ3) is 9.57. The van der Waals surface area contributed by atoms with Gasteiger partial charge in [0.1, 0.15) is 30.2 Å². The van der Waals surface area contributed by atoms with Gasteiger partial charge in [0.25, 0.3) is 0 Å². The minimum Gasteiger partial charge on any atom is -0.481 e. The number of hydrogen-bond donors (Lipinski definition) is 8. The van der Waals surface area contributed by atoms with E-state index in [-0.39, 0.29) is 49.3 Å². The lowest BCUT2D eigenvalue weighted by atomic mass is 10.00. The summed E-state index contributed by atoms with van der Waals surface area (Å²) in [5.41, 5.74) is 11.4. The molecule has 47 heavy (non-hydrogen) atoms. The number of nitrogens with zero attached hydrogens (tertiary/aromatic N) is 2. The van der Waals surface area contributed by atoms with Crippen LogP contribution in [0.1, 0.15) is 37.7 Å². The summed E-state index contributed by atoms with van der Waals surface area (Å²) in [5.74, 6) is -5.57. The van der Waals surface area contributed by atoms with Crippen LogP contribution >= 0.6 is 11.8 Å². The zero-order chi connectivity index (χ0) is 34.1. The van der Waals surface area contributed by atoms with Crippen molar-refractivity contribution in [2.45, 2.75) is 74.1 Å². The molecule has 4 rings (SSSR count). The van der Waals surface area contributed by atoms with Gasteiger partial charge < -0.3 is 48.1 Å². The number of nitrogens with one attached hydrogen (secondary N) is 5. The Morgan fingerprint density at radius 1 is 0.894 bits per heavy atom. The van der Waals surface area contributed by atoms with E-state index in [1.54, 1.807) is 30.3 Å². The molecule has 3 heterocycles. The van der Waals surface area contributed by atoms with Gasteiger partial charge in [-0.1, -0.05) is 30.3 Å². The van der Waals surface area contributed by atoms with Crippen LogP contribution in [0.2, 0.25) is 0 Å². The van der Waals surface area contributed by atoms with Crippen molar-refractivity contribution in [1.29, 1.82) is 0 Å². The van der Waals surface area contributed by atoms with E-state index in [9.17, 15) is 38.7 Å². The highest BCUT2D eigenvalue weighted by molar-refractivity contribution is 8.00. The zero-order valence-corrected chi connectivity index (χ0v) is 26.3. The summed E-state index contributed by atoms with van der Waals surface area (Å²) >= 11 is 1.42. The van der Waals surface area contributed by atoms with E-state index in [2.05, 4.69) is 31.6 Å². The van der Waals surface area contributed by atoms with E-state index < -0.39 is 84.6 Å². The Kier molecular flexibility index (Phi) is 12.0. The fraction of sp³-hybridized carbons (Fsp3) is 0.517. The Labute approximate surface area is 274 Å². The molecule has 0 aliphatic carbocycles. The highest BCUT2D eigenvalue weighted by Gasteiger charge is 2.48. The van der Waals surface area contributed by atoms with Crippen molar-refractivity contribution in [2.24, 2.45) is 16.5 Å². The Morgan fingerprint density at radius 3 is 2.30 bits per heavy atom. The molecule has 18 heteroatoms. The van der Waals surface area contributed by atoms with Gasteiger partial charge in [0.15, 0.2) is 5.96 Å². The fourth-order valence-electron chi connectivity index (χ4n) is 5.59. The van der Waals surface area contributed by atoms with Crippen molar-refractivity contribution in [1.82, 2.24) is 31.5 Å². The molecule has 3 aliphatic rings. The third-order valence-electron chi connectivity index (χ3n) is 7.91. The van der Waals surface area contributed by atoms with Gasteiger partial charge in [-0.25, -0.2) is 0 Å². The highest BCUT2D eigenvalue weighted by atomic mass is 32.2. The molecule has 17 nitrogen and oxygen atoms in total.